The van der Waals surface area contributed by atoms with Gasteiger partial charge in [-0.05, 0) is 36.8 Å². The zero-order chi connectivity index (χ0) is 34.8. The van der Waals surface area contributed by atoms with Crippen LogP contribution in [0.4, 0.5) is 14.6 Å². The molecule has 1 fully saturated rings. The highest BCUT2D eigenvalue weighted by atomic mass is 35.5. The average Bonchev–Trinajstić information content (AvgIpc) is 3.75. The summed E-state index contributed by atoms with van der Waals surface area (Å²) in [7, 11) is 3.25. The number of thiazole rings is 1. The monoisotopic (exact) mass is 712 g/mol. The molecule has 3 aromatic heterocycles. The van der Waals surface area contributed by atoms with Crippen molar-refractivity contribution in [1.29, 1.82) is 0 Å². The second kappa shape index (κ2) is 21.2. The Balaban J connectivity index is 0.000000612. The Morgan fingerprint density at radius 3 is 2.40 bits per heavy atom. The number of aromatic nitrogens is 5. The molecule has 47 heavy (non-hydrogen) atoms. The topological polar surface area (TPSA) is 114 Å². The minimum atomic E-state index is -0.689. The van der Waals surface area contributed by atoms with Crippen molar-refractivity contribution in [1.82, 2.24) is 34.5 Å². The molecule has 5 rings (SSSR count). The van der Waals surface area contributed by atoms with Gasteiger partial charge in [0.05, 0.1) is 35.2 Å². The van der Waals surface area contributed by atoms with E-state index in [0.717, 1.165) is 16.0 Å². The molecule has 0 aliphatic carbocycles. The highest BCUT2D eigenvalue weighted by Crippen LogP contribution is 2.21. The van der Waals surface area contributed by atoms with Gasteiger partial charge in [0, 0.05) is 63.6 Å². The van der Waals surface area contributed by atoms with Crippen LogP contribution in [0, 0.1) is 5.82 Å². The van der Waals surface area contributed by atoms with Gasteiger partial charge in [0.1, 0.15) is 6.67 Å². The number of pyridine rings is 1. The second-order valence-electron chi connectivity index (χ2n) is 9.51. The summed E-state index contributed by atoms with van der Waals surface area (Å²) >= 11 is 12.3. The van der Waals surface area contributed by atoms with E-state index in [1.807, 2.05) is 26.0 Å². The van der Waals surface area contributed by atoms with Crippen LogP contribution in [0.3, 0.4) is 0 Å². The summed E-state index contributed by atoms with van der Waals surface area (Å²) < 4.78 is 32.4. The van der Waals surface area contributed by atoms with Gasteiger partial charge in [-0.2, -0.15) is 9.72 Å². The number of piperazine rings is 1. The lowest BCUT2D eigenvalue weighted by Gasteiger charge is -2.34. The number of alkyl halides is 1. The first-order valence-electron chi connectivity index (χ1n) is 14.7. The normalized spacial score (nSPS) is 13.5. The van der Waals surface area contributed by atoms with Gasteiger partial charge in [0.15, 0.2) is 11.6 Å². The summed E-state index contributed by atoms with van der Waals surface area (Å²) in [6, 6.07) is 8.29. The van der Waals surface area contributed by atoms with E-state index in [1.165, 1.54) is 35.7 Å². The fourth-order valence-corrected chi connectivity index (χ4v) is 4.85. The molecule has 16 heteroatoms. The Hall–Kier alpha value is -3.69. The van der Waals surface area contributed by atoms with Crippen LogP contribution >= 0.6 is 34.5 Å². The van der Waals surface area contributed by atoms with Crippen molar-refractivity contribution in [2.45, 2.75) is 33.9 Å². The lowest BCUT2D eigenvalue weighted by atomic mass is 10.1. The number of ether oxygens (including phenoxy) is 1. The van der Waals surface area contributed by atoms with Crippen LogP contribution < -0.4 is 4.80 Å². The first-order chi connectivity index (χ1) is 22.7. The maximum absolute atomic E-state index is 14.3. The van der Waals surface area contributed by atoms with Crippen LogP contribution in [0.5, 0.6) is 0 Å². The van der Waals surface area contributed by atoms with Gasteiger partial charge in [0.2, 0.25) is 4.80 Å². The molecule has 0 bridgehead atoms. The van der Waals surface area contributed by atoms with Crippen LogP contribution in [0.2, 0.25) is 5.02 Å². The van der Waals surface area contributed by atoms with E-state index < -0.39 is 12.5 Å². The Morgan fingerprint density at radius 2 is 1.85 bits per heavy atom. The van der Waals surface area contributed by atoms with Gasteiger partial charge >= 0.3 is 0 Å². The molecule has 256 valence electrons. The maximum atomic E-state index is 14.3. The summed E-state index contributed by atoms with van der Waals surface area (Å²) in [5.74, 6) is -0.582. The number of carbonyl (C=O) groups is 1. The molecule has 0 spiro atoms. The van der Waals surface area contributed by atoms with E-state index in [2.05, 4.69) is 29.9 Å². The first-order valence-corrected chi connectivity index (χ1v) is 16.3. The minimum Gasteiger partial charge on any atom is -0.426 e. The number of hydrogen-bond donors (Lipinski definition) is 1. The lowest BCUT2D eigenvalue weighted by molar-refractivity contribution is 0.0622. The van der Waals surface area contributed by atoms with Gasteiger partial charge in [-0.3, -0.25) is 9.69 Å². The van der Waals surface area contributed by atoms with Crippen LogP contribution in [0.1, 0.15) is 42.4 Å². The molecule has 1 N–H and O–H groups in total. The fourth-order valence-electron chi connectivity index (χ4n) is 4.06. The van der Waals surface area contributed by atoms with Crippen LogP contribution in [0.15, 0.2) is 70.4 Å². The molecular weight excluding hydrogens is 673 g/mol. The van der Waals surface area contributed by atoms with E-state index in [1.54, 1.807) is 54.6 Å². The third-order valence-corrected chi connectivity index (χ3v) is 7.55. The van der Waals surface area contributed by atoms with E-state index in [0.29, 0.717) is 49.9 Å². The van der Waals surface area contributed by atoms with Crippen LogP contribution in [-0.4, -0.2) is 92.7 Å². The first kappa shape index (κ1) is 39.5. The molecule has 1 aliphatic rings. The van der Waals surface area contributed by atoms with Crippen molar-refractivity contribution in [2.24, 2.45) is 4.99 Å². The summed E-state index contributed by atoms with van der Waals surface area (Å²) in [5.41, 5.74) is 1.72. The zero-order valence-corrected chi connectivity index (χ0v) is 29.3. The number of hydrogen-bond acceptors (Lipinski definition) is 9. The summed E-state index contributed by atoms with van der Waals surface area (Å²) in [5, 5.41) is 19.7. The third kappa shape index (κ3) is 12.8. The summed E-state index contributed by atoms with van der Waals surface area (Å²) in [4.78, 5) is 26.2. The lowest BCUT2D eigenvalue weighted by Crippen LogP contribution is -2.48. The van der Waals surface area contributed by atoms with E-state index in [9.17, 15) is 18.8 Å². The highest BCUT2D eigenvalue weighted by molar-refractivity contribution is 7.07. The second-order valence-corrected chi connectivity index (χ2v) is 11.3. The van der Waals surface area contributed by atoms with Crippen molar-refractivity contribution >= 4 is 46.3 Å². The smallest absolute Gasteiger partial charge is 0.256 e. The Bertz CT molecular complexity index is 1610. The molecule has 11 nitrogen and oxygen atoms in total. The number of allylic oxidation sites excluding steroid dienone is 2. The number of halogens is 4. The third-order valence-electron chi connectivity index (χ3n) is 6.19. The standard InChI is InChI=1S/C23H22ClFN8O2S.C4H6ClF.C2H6O.C2H6/c24-19-3-1-2-18(21(19)25)22(34)31-8-6-30(7-9-31)15-17-12-16(14-32-5-4-26-29-32)13-20(27-17)28-23-33(35)10-11-36-23;1-2-4(5)3-6;1-3-2;1-2/h1-5,10-13,35H,6-9,14-15H2;2H,3H2,1H3;1-2H3;1-2H3/b28-23-;4-2+;;. The number of nitrogens with zero attached hydrogens (tertiary/aromatic N) is 8. The maximum Gasteiger partial charge on any atom is 0.256 e. The van der Waals surface area contributed by atoms with Crippen LogP contribution in [-0.2, 0) is 17.8 Å². The van der Waals surface area contributed by atoms with Gasteiger partial charge in [-0.25, -0.2) is 18.4 Å². The molecular formula is C31H40Cl2F2N8O3S. The Morgan fingerprint density at radius 1 is 1.15 bits per heavy atom. The van der Waals surface area contributed by atoms with Crippen LogP contribution in [0.25, 0.3) is 0 Å². The predicted octanol–water partition coefficient (Wildman–Crippen LogP) is 6.19. The van der Waals surface area contributed by atoms with Gasteiger partial charge in [-0.1, -0.05) is 54.4 Å². The van der Waals surface area contributed by atoms with Gasteiger partial charge in [-0.15, -0.1) is 16.4 Å². The van der Waals surface area contributed by atoms with Gasteiger partial charge < -0.3 is 14.8 Å². The van der Waals surface area contributed by atoms with E-state index in [-0.39, 0.29) is 21.5 Å². The Labute approximate surface area is 287 Å². The van der Waals surface area contributed by atoms with E-state index >= 15 is 0 Å². The minimum absolute atomic E-state index is 0.0145. The van der Waals surface area contributed by atoms with Crippen molar-refractivity contribution in [3.63, 3.8) is 0 Å². The molecule has 4 heterocycles. The number of benzene rings is 1. The number of amides is 1. The summed E-state index contributed by atoms with van der Waals surface area (Å²) in [6.07, 6.45) is 6.43. The van der Waals surface area contributed by atoms with Crippen molar-refractivity contribution < 1.29 is 23.5 Å². The molecule has 1 saturated heterocycles. The molecule has 0 atom stereocenters. The highest BCUT2D eigenvalue weighted by Gasteiger charge is 2.25. The fraction of sp³-hybridized carbons (Fsp3) is 0.387. The average molecular weight is 714 g/mol. The largest absolute Gasteiger partial charge is 0.426 e. The Kier molecular flexibility index (Phi) is 17.8. The quantitative estimate of drug-likeness (QED) is 0.227. The molecule has 0 unspecified atom stereocenters. The zero-order valence-electron chi connectivity index (χ0n) is 27.0. The molecule has 0 radical (unpaired) electrons. The van der Waals surface area contributed by atoms with Crippen molar-refractivity contribution in [2.75, 3.05) is 47.1 Å². The van der Waals surface area contributed by atoms with Crippen molar-refractivity contribution in [3.8, 4) is 0 Å². The molecule has 1 aliphatic heterocycles. The molecule has 4 aromatic rings. The SMILES string of the molecule is C/C=C(/Cl)CF.CC.COC.O=C(c1cccc(Cl)c1F)N1CCN(Cc2cc(Cn3ccnn3)cc(/N=c3\sccn3O)n2)CC1. The number of rotatable bonds is 7. The van der Waals surface area contributed by atoms with Crippen molar-refractivity contribution in [3.05, 3.63) is 97.9 Å². The molecule has 0 saturated carbocycles. The van der Waals surface area contributed by atoms with E-state index in [4.69, 9.17) is 23.2 Å². The molecule has 1 aromatic carbocycles. The summed E-state index contributed by atoms with van der Waals surface area (Å²) in [6.45, 7) is 8.33. The number of methoxy groups -OCH3 is 1. The number of carbonyl (C=O) groups excluding carboxylic acids is 1. The van der Waals surface area contributed by atoms with Gasteiger partial charge in [0.25, 0.3) is 5.91 Å². The molecule has 1 amide bonds. The predicted molar refractivity (Wildman–Crippen MR) is 181 cm³/mol.